The molecule has 0 aliphatic heterocycles. The van der Waals surface area contributed by atoms with Crippen LogP contribution in [0.5, 0.6) is 5.75 Å². The molecule has 102 valence electrons. The third kappa shape index (κ3) is 3.07. The lowest BCUT2D eigenvalue weighted by atomic mass is 9.92. The van der Waals surface area contributed by atoms with E-state index in [2.05, 4.69) is 6.07 Å². The van der Waals surface area contributed by atoms with Gasteiger partial charge < -0.3 is 4.74 Å². The van der Waals surface area contributed by atoms with E-state index in [1.54, 1.807) is 25.3 Å². The molecule has 0 aliphatic rings. The number of halogens is 2. The standard InChI is InChI=1S/C16H13Cl2NO/c1-20-15-8-3-2-5-11(15)9-12(10-19)16-13(17)6-4-7-14(16)18/h2-8,12H,9H2,1H3. The third-order valence-electron chi connectivity index (χ3n) is 3.12. The molecule has 1 unspecified atom stereocenters. The van der Waals surface area contributed by atoms with Crippen LogP contribution in [-0.2, 0) is 6.42 Å². The number of nitrogens with zero attached hydrogens (tertiary/aromatic N) is 1. The van der Waals surface area contributed by atoms with E-state index in [1.165, 1.54) is 0 Å². The van der Waals surface area contributed by atoms with Gasteiger partial charge in [0.25, 0.3) is 0 Å². The summed E-state index contributed by atoms with van der Waals surface area (Å²) in [6.07, 6.45) is 0.504. The Morgan fingerprint density at radius 3 is 2.35 bits per heavy atom. The Morgan fingerprint density at radius 2 is 1.75 bits per heavy atom. The molecule has 2 aromatic carbocycles. The molecule has 0 saturated carbocycles. The molecule has 0 aliphatic carbocycles. The Morgan fingerprint density at radius 1 is 1.10 bits per heavy atom. The Kier molecular flexibility index (Phi) is 4.89. The lowest BCUT2D eigenvalue weighted by Crippen LogP contribution is -2.04. The van der Waals surface area contributed by atoms with Crippen LogP contribution in [-0.4, -0.2) is 7.11 Å². The van der Waals surface area contributed by atoms with E-state index < -0.39 is 5.92 Å². The largest absolute Gasteiger partial charge is 0.496 e. The predicted molar refractivity (Wildman–Crippen MR) is 81.5 cm³/mol. The number of nitriles is 1. The normalized spacial score (nSPS) is 11.7. The lowest BCUT2D eigenvalue weighted by molar-refractivity contribution is 0.409. The number of ether oxygens (including phenoxy) is 1. The van der Waals surface area contributed by atoms with E-state index in [9.17, 15) is 5.26 Å². The summed E-state index contributed by atoms with van der Waals surface area (Å²) < 4.78 is 5.31. The number of benzene rings is 2. The fourth-order valence-electron chi connectivity index (χ4n) is 2.15. The molecule has 0 saturated heterocycles. The molecule has 0 radical (unpaired) electrons. The molecule has 2 rings (SSSR count). The van der Waals surface area contributed by atoms with Gasteiger partial charge in [0.15, 0.2) is 0 Å². The Bertz CT molecular complexity index is 629. The van der Waals surface area contributed by atoms with Crippen LogP contribution in [0.3, 0.4) is 0 Å². The smallest absolute Gasteiger partial charge is 0.122 e. The molecule has 0 spiro atoms. The van der Waals surface area contributed by atoms with Crippen molar-refractivity contribution in [3.8, 4) is 11.8 Å². The van der Waals surface area contributed by atoms with Crippen LogP contribution in [0.1, 0.15) is 17.0 Å². The van der Waals surface area contributed by atoms with Gasteiger partial charge in [-0.25, -0.2) is 0 Å². The SMILES string of the molecule is COc1ccccc1CC(C#N)c1c(Cl)cccc1Cl. The quantitative estimate of drug-likeness (QED) is 0.808. The number of hydrogen-bond acceptors (Lipinski definition) is 2. The molecular weight excluding hydrogens is 293 g/mol. The van der Waals surface area contributed by atoms with Crippen molar-refractivity contribution in [2.75, 3.05) is 7.11 Å². The number of rotatable bonds is 4. The first kappa shape index (κ1) is 14.7. The minimum atomic E-state index is -0.410. The van der Waals surface area contributed by atoms with E-state index in [-0.39, 0.29) is 0 Å². The molecule has 0 bridgehead atoms. The van der Waals surface area contributed by atoms with Crippen molar-refractivity contribution in [2.24, 2.45) is 0 Å². The number of hydrogen-bond donors (Lipinski definition) is 0. The van der Waals surface area contributed by atoms with E-state index >= 15 is 0 Å². The second-order valence-electron chi connectivity index (χ2n) is 4.33. The van der Waals surface area contributed by atoms with Crippen LogP contribution in [0, 0.1) is 11.3 Å². The predicted octanol–water partition coefficient (Wildman–Crippen LogP) is 4.85. The van der Waals surface area contributed by atoms with Gasteiger partial charge in [-0.05, 0) is 30.2 Å². The summed E-state index contributed by atoms with van der Waals surface area (Å²) in [4.78, 5) is 0. The highest BCUT2D eigenvalue weighted by molar-refractivity contribution is 6.36. The molecule has 2 nitrogen and oxygen atoms in total. The zero-order valence-corrected chi connectivity index (χ0v) is 12.4. The topological polar surface area (TPSA) is 33.0 Å². The summed E-state index contributed by atoms with van der Waals surface area (Å²) in [6, 6.07) is 15.2. The Hall–Kier alpha value is -1.69. The molecule has 1 atom stereocenters. The molecule has 0 N–H and O–H groups in total. The lowest BCUT2D eigenvalue weighted by Gasteiger charge is -2.15. The highest BCUT2D eigenvalue weighted by Gasteiger charge is 2.19. The Labute approximate surface area is 128 Å². The summed E-state index contributed by atoms with van der Waals surface area (Å²) in [5.41, 5.74) is 1.63. The van der Waals surface area contributed by atoms with Gasteiger partial charge in [-0.1, -0.05) is 47.5 Å². The minimum absolute atomic E-state index is 0.410. The van der Waals surface area contributed by atoms with Crippen LogP contribution in [0.2, 0.25) is 10.0 Å². The third-order valence-corrected chi connectivity index (χ3v) is 3.78. The second kappa shape index (κ2) is 6.65. The van der Waals surface area contributed by atoms with E-state index in [0.29, 0.717) is 22.0 Å². The van der Waals surface area contributed by atoms with Crippen molar-refractivity contribution >= 4 is 23.2 Å². The first-order chi connectivity index (χ1) is 9.67. The molecule has 0 aromatic heterocycles. The second-order valence-corrected chi connectivity index (χ2v) is 5.15. The maximum atomic E-state index is 9.45. The van der Waals surface area contributed by atoms with Gasteiger partial charge in [-0.2, -0.15) is 5.26 Å². The highest BCUT2D eigenvalue weighted by Crippen LogP contribution is 2.34. The van der Waals surface area contributed by atoms with Gasteiger partial charge in [-0.15, -0.1) is 0 Å². The monoisotopic (exact) mass is 305 g/mol. The molecule has 20 heavy (non-hydrogen) atoms. The number of methoxy groups -OCH3 is 1. The summed E-state index contributed by atoms with van der Waals surface area (Å²) >= 11 is 12.4. The highest BCUT2D eigenvalue weighted by atomic mass is 35.5. The molecule has 0 heterocycles. The van der Waals surface area contributed by atoms with Crippen molar-refractivity contribution in [1.82, 2.24) is 0 Å². The van der Waals surface area contributed by atoms with E-state index in [1.807, 2.05) is 24.3 Å². The zero-order valence-electron chi connectivity index (χ0n) is 10.9. The Balaban J connectivity index is 2.37. The molecule has 2 aromatic rings. The number of para-hydroxylation sites is 1. The van der Waals surface area contributed by atoms with Crippen LogP contribution >= 0.6 is 23.2 Å². The maximum Gasteiger partial charge on any atom is 0.122 e. The first-order valence-electron chi connectivity index (χ1n) is 6.12. The molecular formula is C16H13Cl2NO. The van der Waals surface area contributed by atoms with Crippen LogP contribution in [0.25, 0.3) is 0 Å². The van der Waals surface area contributed by atoms with Gasteiger partial charge in [0.1, 0.15) is 5.75 Å². The van der Waals surface area contributed by atoms with Crippen LogP contribution < -0.4 is 4.74 Å². The average molecular weight is 306 g/mol. The van der Waals surface area contributed by atoms with Crippen molar-refractivity contribution in [1.29, 1.82) is 5.26 Å². The molecule has 0 fully saturated rings. The van der Waals surface area contributed by atoms with Crippen molar-refractivity contribution in [2.45, 2.75) is 12.3 Å². The first-order valence-corrected chi connectivity index (χ1v) is 6.88. The van der Waals surface area contributed by atoms with Gasteiger partial charge in [0.2, 0.25) is 0 Å². The van der Waals surface area contributed by atoms with Crippen LogP contribution in [0.15, 0.2) is 42.5 Å². The fourth-order valence-corrected chi connectivity index (χ4v) is 2.81. The molecule has 4 heteroatoms. The average Bonchev–Trinajstić information content (AvgIpc) is 2.46. The molecule has 0 amide bonds. The van der Waals surface area contributed by atoms with Gasteiger partial charge >= 0.3 is 0 Å². The summed E-state index contributed by atoms with van der Waals surface area (Å²) in [5, 5.41) is 10.5. The van der Waals surface area contributed by atoms with Crippen molar-refractivity contribution in [3.63, 3.8) is 0 Å². The minimum Gasteiger partial charge on any atom is -0.496 e. The van der Waals surface area contributed by atoms with Crippen molar-refractivity contribution < 1.29 is 4.74 Å². The van der Waals surface area contributed by atoms with E-state index in [0.717, 1.165) is 11.3 Å². The summed E-state index contributed by atoms with van der Waals surface area (Å²) in [7, 11) is 1.61. The summed E-state index contributed by atoms with van der Waals surface area (Å²) in [6.45, 7) is 0. The van der Waals surface area contributed by atoms with Crippen LogP contribution in [0.4, 0.5) is 0 Å². The van der Waals surface area contributed by atoms with Gasteiger partial charge in [0, 0.05) is 15.6 Å². The zero-order chi connectivity index (χ0) is 14.5. The fraction of sp³-hybridized carbons (Fsp3) is 0.188. The maximum absolute atomic E-state index is 9.45. The summed E-state index contributed by atoms with van der Waals surface area (Å²) in [5.74, 6) is 0.350. The van der Waals surface area contributed by atoms with Gasteiger partial charge in [0.05, 0.1) is 19.1 Å². The van der Waals surface area contributed by atoms with Gasteiger partial charge in [-0.3, -0.25) is 0 Å². The van der Waals surface area contributed by atoms with Crippen molar-refractivity contribution in [3.05, 3.63) is 63.6 Å². The van der Waals surface area contributed by atoms with E-state index in [4.69, 9.17) is 27.9 Å².